The van der Waals surface area contributed by atoms with E-state index in [1.807, 2.05) is 30.3 Å². The van der Waals surface area contributed by atoms with Crippen LogP contribution in [0.1, 0.15) is 6.42 Å². The third kappa shape index (κ3) is 3.68. The highest BCUT2D eigenvalue weighted by Crippen LogP contribution is 2.18. The molecule has 0 bridgehead atoms. The SMILES string of the molecule is CN(CCCN)C(=O)COc1ccc2cccnc2c1. The summed E-state index contributed by atoms with van der Waals surface area (Å²) in [6.07, 6.45) is 2.53. The molecule has 2 rings (SSSR count). The maximum Gasteiger partial charge on any atom is 0.260 e. The van der Waals surface area contributed by atoms with Crippen molar-refractivity contribution in [2.75, 3.05) is 26.7 Å². The summed E-state index contributed by atoms with van der Waals surface area (Å²) in [7, 11) is 1.75. The number of rotatable bonds is 6. The molecule has 0 radical (unpaired) electrons. The van der Waals surface area contributed by atoms with Gasteiger partial charge in [0.25, 0.3) is 5.91 Å². The molecule has 0 atom stereocenters. The maximum atomic E-state index is 11.8. The normalized spacial score (nSPS) is 10.5. The number of fused-ring (bicyclic) bond motifs is 1. The highest BCUT2D eigenvalue weighted by atomic mass is 16.5. The van der Waals surface area contributed by atoms with Crippen molar-refractivity contribution in [3.8, 4) is 5.75 Å². The van der Waals surface area contributed by atoms with E-state index in [2.05, 4.69) is 4.98 Å². The summed E-state index contributed by atoms with van der Waals surface area (Å²) in [4.78, 5) is 17.7. The van der Waals surface area contributed by atoms with Crippen LogP contribution in [0.3, 0.4) is 0 Å². The maximum absolute atomic E-state index is 11.8. The topological polar surface area (TPSA) is 68.5 Å². The lowest BCUT2D eigenvalue weighted by atomic mass is 10.2. The Balaban J connectivity index is 1.93. The van der Waals surface area contributed by atoms with Crippen LogP contribution in [0.2, 0.25) is 0 Å². The summed E-state index contributed by atoms with van der Waals surface area (Å²) in [6, 6.07) is 9.48. The van der Waals surface area contributed by atoms with Gasteiger partial charge in [0.05, 0.1) is 5.52 Å². The third-order valence-electron chi connectivity index (χ3n) is 3.06. The van der Waals surface area contributed by atoms with Crippen molar-refractivity contribution < 1.29 is 9.53 Å². The average Bonchev–Trinajstić information content (AvgIpc) is 2.50. The largest absolute Gasteiger partial charge is 0.484 e. The second kappa shape index (κ2) is 6.86. The number of ether oxygens (including phenoxy) is 1. The van der Waals surface area contributed by atoms with Gasteiger partial charge in [0.2, 0.25) is 0 Å². The molecule has 0 saturated heterocycles. The molecule has 20 heavy (non-hydrogen) atoms. The Morgan fingerprint density at radius 1 is 1.40 bits per heavy atom. The van der Waals surface area contributed by atoms with Crippen LogP contribution in [-0.4, -0.2) is 42.5 Å². The highest BCUT2D eigenvalue weighted by molar-refractivity contribution is 5.80. The quantitative estimate of drug-likeness (QED) is 0.864. The zero-order valence-corrected chi connectivity index (χ0v) is 11.6. The second-order valence-corrected chi connectivity index (χ2v) is 4.60. The first-order chi connectivity index (χ1) is 9.70. The minimum Gasteiger partial charge on any atom is -0.484 e. The molecule has 106 valence electrons. The Labute approximate surface area is 118 Å². The van der Waals surface area contributed by atoms with Crippen LogP contribution in [0.4, 0.5) is 0 Å². The van der Waals surface area contributed by atoms with E-state index in [9.17, 15) is 4.79 Å². The molecular weight excluding hydrogens is 254 g/mol. The van der Waals surface area contributed by atoms with Gasteiger partial charge < -0.3 is 15.4 Å². The molecule has 0 aliphatic rings. The molecule has 0 fully saturated rings. The fourth-order valence-corrected chi connectivity index (χ4v) is 1.84. The molecule has 2 aromatic rings. The van der Waals surface area contributed by atoms with Crippen LogP contribution in [0, 0.1) is 0 Å². The van der Waals surface area contributed by atoms with Crippen LogP contribution in [-0.2, 0) is 4.79 Å². The molecule has 5 heteroatoms. The van der Waals surface area contributed by atoms with Gasteiger partial charge in [0.1, 0.15) is 5.75 Å². The lowest BCUT2D eigenvalue weighted by Crippen LogP contribution is -2.33. The number of pyridine rings is 1. The van der Waals surface area contributed by atoms with Gasteiger partial charge in [0.15, 0.2) is 6.61 Å². The first-order valence-corrected chi connectivity index (χ1v) is 6.62. The molecule has 0 spiro atoms. The first-order valence-electron chi connectivity index (χ1n) is 6.62. The standard InChI is InChI=1S/C15H19N3O2/c1-18(9-3-7-16)15(19)11-20-13-6-5-12-4-2-8-17-14(12)10-13/h2,4-6,8,10H,3,7,9,11,16H2,1H3. The van der Waals surface area contributed by atoms with E-state index < -0.39 is 0 Å². The Hall–Kier alpha value is -2.14. The average molecular weight is 273 g/mol. The van der Waals surface area contributed by atoms with Gasteiger partial charge in [0, 0.05) is 31.2 Å². The summed E-state index contributed by atoms with van der Waals surface area (Å²) in [6.45, 7) is 1.26. The molecule has 0 aliphatic carbocycles. The molecule has 1 aromatic heterocycles. The van der Waals surface area contributed by atoms with Gasteiger partial charge in [-0.15, -0.1) is 0 Å². The van der Waals surface area contributed by atoms with Crippen molar-refractivity contribution in [3.05, 3.63) is 36.5 Å². The van der Waals surface area contributed by atoms with Gasteiger partial charge in [-0.3, -0.25) is 9.78 Å². The molecular formula is C15H19N3O2. The number of aromatic nitrogens is 1. The highest BCUT2D eigenvalue weighted by Gasteiger charge is 2.09. The number of hydrogen-bond donors (Lipinski definition) is 1. The summed E-state index contributed by atoms with van der Waals surface area (Å²) in [5, 5.41) is 1.05. The number of nitrogens with two attached hydrogens (primary N) is 1. The van der Waals surface area contributed by atoms with E-state index >= 15 is 0 Å². The molecule has 1 aromatic carbocycles. The summed E-state index contributed by atoms with van der Waals surface area (Å²) >= 11 is 0. The molecule has 0 saturated carbocycles. The predicted molar refractivity (Wildman–Crippen MR) is 78.5 cm³/mol. The van der Waals surface area contributed by atoms with Crippen molar-refractivity contribution in [1.29, 1.82) is 0 Å². The molecule has 1 heterocycles. The van der Waals surface area contributed by atoms with Crippen LogP contribution < -0.4 is 10.5 Å². The number of amides is 1. The first kappa shape index (κ1) is 14.3. The molecule has 5 nitrogen and oxygen atoms in total. The van der Waals surface area contributed by atoms with E-state index in [0.717, 1.165) is 17.3 Å². The Morgan fingerprint density at radius 2 is 2.25 bits per heavy atom. The van der Waals surface area contributed by atoms with Crippen LogP contribution >= 0.6 is 0 Å². The van der Waals surface area contributed by atoms with Crippen molar-refractivity contribution in [2.45, 2.75) is 6.42 Å². The van der Waals surface area contributed by atoms with Crippen molar-refractivity contribution >= 4 is 16.8 Å². The smallest absolute Gasteiger partial charge is 0.260 e. The third-order valence-corrected chi connectivity index (χ3v) is 3.06. The number of carbonyl (C=O) groups excluding carboxylic acids is 1. The van der Waals surface area contributed by atoms with E-state index in [-0.39, 0.29) is 12.5 Å². The van der Waals surface area contributed by atoms with Crippen LogP contribution in [0.15, 0.2) is 36.5 Å². The van der Waals surface area contributed by atoms with E-state index in [4.69, 9.17) is 10.5 Å². The lowest BCUT2D eigenvalue weighted by Gasteiger charge is -2.16. The molecule has 2 N–H and O–H groups in total. The van der Waals surface area contributed by atoms with Gasteiger partial charge in [-0.25, -0.2) is 0 Å². The van der Waals surface area contributed by atoms with E-state index in [1.165, 1.54) is 0 Å². The Bertz CT molecular complexity index is 586. The van der Waals surface area contributed by atoms with Crippen molar-refractivity contribution in [1.82, 2.24) is 9.88 Å². The van der Waals surface area contributed by atoms with Crippen LogP contribution in [0.5, 0.6) is 5.75 Å². The summed E-state index contributed by atoms with van der Waals surface area (Å²) < 4.78 is 5.51. The van der Waals surface area contributed by atoms with Gasteiger partial charge >= 0.3 is 0 Å². The monoisotopic (exact) mass is 273 g/mol. The number of nitrogens with zero attached hydrogens (tertiary/aromatic N) is 2. The molecule has 0 aliphatic heterocycles. The number of hydrogen-bond acceptors (Lipinski definition) is 4. The van der Waals surface area contributed by atoms with E-state index in [0.29, 0.717) is 18.8 Å². The predicted octanol–water partition coefficient (Wildman–Crippen LogP) is 1.42. The molecule has 1 amide bonds. The summed E-state index contributed by atoms with van der Waals surface area (Å²) in [5.74, 6) is 0.594. The van der Waals surface area contributed by atoms with Gasteiger partial charge in [-0.05, 0) is 31.2 Å². The van der Waals surface area contributed by atoms with Gasteiger partial charge in [-0.1, -0.05) is 6.07 Å². The lowest BCUT2D eigenvalue weighted by molar-refractivity contribution is -0.132. The fourth-order valence-electron chi connectivity index (χ4n) is 1.84. The fraction of sp³-hybridized carbons (Fsp3) is 0.333. The number of likely N-dealkylation sites (N-methyl/N-ethyl adjacent to an activating group) is 1. The summed E-state index contributed by atoms with van der Waals surface area (Å²) in [5.41, 5.74) is 6.27. The minimum absolute atomic E-state index is 0.0272. The number of benzene rings is 1. The molecule has 0 unspecified atom stereocenters. The van der Waals surface area contributed by atoms with Crippen molar-refractivity contribution in [3.63, 3.8) is 0 Å². The minimum atomic E-state index is -0.0560. The Kier molecular flexibility index (Phi) is 4.90. The van der Waals surface area contributed by atoms with E-state index in [1.54, 1.807) is 18.1 Å². The van der Waals surface area contributed by atoms with Crippen LogP contribution in [0.25, 0.3) is 10.9 Å². The van der Waals surface area contributed by atoms with Crippen molar-refractivity contribution in [2.24, 2.45) is 5.73 Å². The second-order valence-electron chi connectivity index (χ2n) is 4.60. The Morgan fingerprint density at radius 3 is 3.05 bits per heavy atom. The zero-order valence-electron chi connectivity index (χ0n) is 11.6. The van der Waals surface area contributed by atoms with Gasteiger partial charge in [-0.2, -0.15) is 0 Å². The number of carbonyl (C=O) groups is 1. The zero-order chi connectivity index (χ0) is 14.4.